The van der Waals surface area contributed by atoms with Crippen LogP contribution in [0.2, 0.25) is 0 Å². The molecule has 1 saturated carbocycles. The predicted molar refractivity (Wildman–Crippen MR) is 58.2 cm³/mol. The van der Waals surface area contributed by atoms with Crippen molar-refractivity contribution in [3.8, 4) is 0 Å². The molecule has 1 N–H and O–H groups in total. The van der Waals surface area contributed by atoms with E-state index >= 15 is 0 Å². The van der Waals surface area contributed by atoms with E-state index in [9.17, 15) is 4.79 Å². The van der Waals surface area contributed by atoms with Crippen molar-refractivity contribution in [2.75, 3.05) is 13.7 Å². The average molecular weight is 207 g/mol. The molecule has 2 fully saturated rings. The molecule has 2 aliphatic rings. The number of methoxy groups -OCH3 is 1. The van der Waals surface area contributed by atoms with E-state index in [1.807, 2.05) is 12.2 Å². The Morgan fingerprint density at radius 3 is 2.93 bits per heavy atom. The van der Waals surface area contributed by atoms with Gasteiger partial charge in [-0.15, -0.1) is 6.58 Å². The van der Waals surface area contributed by atoms with E-state index in [0.717, 1.165) is 6.42 Å². The van der Waals surface area contributed by atoms with Crippen molar-refractivity contribution in [3.05, 3.63) is 24.8 Å². The molecule has 82 valence electrons. The van der Waals surface area contributed by atoms with Crippen LogP contribution in [0.25, 0.3) is 0 Å². The molecule has 4 atom stereocenters. The van der Waals surface area contributed by atoms with E-state index in [1.54, 1.807) is 7.11 Å². The molecule has 2 rings (SSSR count). The summed E-state index contributed by atoms with van der Waals surface area (Å²) in [4.78, 5) is 11.3. The highest BCUT2D eigenvalue weighted by Crippen LogP contribution is 2.43. The van der Waals surface area contributed by atoms with E-state index in [0.29, 0.717) is 24.5 Å². The Labute approximate surface area is 90.2 Å². The Balaban J connectivity index is 1.99. The van der Waals surface area contributed by atoms with Crippen molar-refractivity contribution in [1.82, 2.24) is 5.32 Å². The predicted octanol–water partition coefficient (Wildman–Crippen LogP) is 1.13. The summed E-state index contributed by atoms with van der Waals surface area (Å²) in [5, 5.41) is 2.97. The topological polar surface area (TPSA) is 38.3 Å². The van der Waals surface area contributed by atoms with E-state index in [2.05, 4.69) is 18.0 Å². The van der Waals surface area contributed by atoms with Gasteiger partial charge >= 0.3 is 0 Å². The fraction of sp³-hybridized carbons (Fsp3) is 0.583. The highest BCUT2D eigenvalue weighted by Gasteiger charge is 2.52. The molecule has 0 spiro atoms. The van der Waals surface area contributed by atoms with Crippen LogP contribution in [0.1, 0.15) is 6.42 Å². The first-order valence-electron chi connectivity index (χ1n) is 5.36. The minimum atomic E-state index is 0.166. The lowest BCUT2D eigenvalue weighted by atomic mass is 9.85. The van der Waals surface area contributed by atoms with Crippen molar-refractivity contribution >= 4 is 5.91 Å². The first-order valence-corrected chi connectivity index (χ1v) is 5.36. The SMILES string of the molecule is C=C[C@H]1C[C@@H](/C=C/COC)[C@@H]2NC(=O)[C@@H]21. The molecule has 1 amide bonds. The van der Waals surface area contributed by atoms with Crippen molar-refractivity contribution < 1.29 is 9.53 Å². The summed E-state index contributed by atoms with van der Waals surface area (Å²) < 4.78 is 4.96. The van der Waals surface area contributed by atoms with Gasteiger partial charge in [0.15, 0.2) is 0 Å². The van der Waals surface area contributed by atoms with Gasteiger partial charge in [0.1, 0.15) is 0 Å². The third-order valence-corrected chi connectivity index (χ3v) is 3.41. The van der Waals surface area contributed by atoms with Gasteiger partial charge in [0, 0.05) is 13.2 Å². The third kappa shape index (κ3) is 1.72. The van der Waals surface area contributed by atoms with Crippen LogP contribution >= 0.6 is 0 Å². The molecule has 1 aliphatic heterocycles. The highest BCUT2D eigenvalue weighted by molar-refractivity contribution is 5.87. The zero-order chi connectivity index (χ0) is 10.8. The molecular formula is C12H17NO2. The van der Waals surface area contributed by atoms with Crippen LogP contribution in [0.3, 0.4) is 0 Å². The quantitative estimate of drug-likeness (QED) is 0.554. The minimum Gasteiger partial charge on any atom is -0.381 e. The fourth-order valence-electron chi connectivity index (χ4n) is 2.63. The number of fused-ring (bicyclic) bond motifs is 1. The molecule has 1 aliphatic carbocycles. The Kier molecular flexibility index (Phi) is 2.91. The van der Waals surface area contributed by atoms with Crippen LogP contribution in [0.15, 0.2) is 24.8 Å². The molecule has 1 saturated heterocycles. The number of amides is 1. The monoisotopic (exact) mass is 207 g/mol. The first-order chi connectivity index (χ1) is 7.27. The number of nitrogens with one attached hydrogen (secondary N) is 1. The number of β-lactam (4-membered cyclic amide) rings is 1. The number of hydrogen-bond acceptors (Lipinski definition) is 2. The molecule has 3 nitrogen and oxygen atoms in total. The summed E-state index contributed by atoms with van der Waals surface area (Å²) >= 11 is 0. The maximum atomic E-state index is 11.3. The fourth-order valence-corrected chi connectivity index (χ4v) is 2.63. The Morgan fingerprint density at radius 2 is 2.40 bits per heavy atom. The molecule has 0 bridgehead atoms. The summed E-state index contributed by atoms with van der Waals surface area (Å²) in [6, 6.07) is 0.327. The normalized spacial score (nSPS) is 38.6. The number of allylic oxidation sites excluding steroid dienone is 1. The molecular weight excluding hydrogens is 190 g/mol. The van der Waals surface area contributed by atoms with Gasteiger partial charge in [-0.1, -0.05) is 18.2 Å². The van der Waals surface area contributed by atoms with E-state index in [1.165, 1.54) is 0 Å². The van der Waals surface area contributed by atoms with E-state index in [-0.39, 0.29) is 11.8 Å². The van der Waals surface area contributed by atoms with Gasteiger partial charge in [-0.05, 0) is 18.3 Å². The maximum Gasteiger partial charge on any atom is 0.226 e. The van der Waals surface area contributed by atoms with E-state index < -0.39 is 0 Å². The zero-order valence-corrected chi connectivity index (χ0v) is 8.98. The average Bonchev–Trinajstić information content (AvgIpc) is 2.51. The van der Waals surface area contributed by atoms with Crippen molar-refractivity contribution in [2.45, 2.75) is 12.5 Å². The second-order valence-electron chi connectivity index (χ2n) is 4.24. The summed E-state index contributed by atoms with van der Waals surface area (Å²) in [7, 11) is 1.68. The van der Waals surface area contributed by atoms with Gasteiger partial charge in [-0.2, -0.15) is 0 Å². The van der Waals surface area contributed by atoms with Crippen LogP contribution in [-0.4, -0.2) is 25.7 Å². The Bertz CT molecular complexity index is 298. The molecule has 3 heteroatoms. The summed E-state index contributed by atoms with van der Waals surface area (Å²) in [5.41, 5.74) is 0. The molecule has 15 heavy (non-hydrogen) atoms. The lowest BCUT2D eigenvalue weighted by Crippen LogP contribution is -2.58. The maximum absolute atomic E-state index is 11.3. The lowest BCUT2D eigenvalue weighted by molar-refractivity contribution is -0.135. The smallest absolute Gasteiger partial charge is 0.226 e. The number of carbonyl (C=O) groups excluding carboxylic acids is 1. The summed E-state index contributed by atoms with van der Waals surface area (Å²) in [5.74, 6) is 1.15. The van der Waals surface area contributed by atoms with Gasteiger partial charge in [0.2, 0.25) is 5.91 Å². The number of ether oxygens (including phenoxy) is 1. The van der Waals surface area contributed by atoms with Gasteiger partial charge in [0.05, 0.1) is 12.5 Å². The summed E-state index contributed by atoms with van der Waals surface area (Å²) in [6.45, 7) is 4.44. The first kappa shape index (κ1) is 10.4. The van der Waals surface area contributed by atoms with Crippen LogP contribution in [0, 0.1) is 17.8 Å². The number of hydrogen-bond donors (Lipinski definition) is 1. The van der Waals surface area contributed by atoms with Crippen LogP contribution in [0.5, 0.6) is 0 Å². The third-order valence-electron chi connectivity index (χ3n) is 3.41. The molecule has 0 aromatic rings. The molecule has 0 aromatic heterocycles. The summed E-state index contributed by atoms with van der Waals surface area (Å²) in [6.07, 6.45) is 7.13. The van der Waals surface area contributed by atoms with Crippen molar-refractivity contribution in [1.29, 1.82) is 0 Å². The second-order valence-corrected chi connectivity index (χ2v) is 4.24. The number of carbonyl (C=O) groups is 1. The standard InChI is InChI=1S/C12H17NO2/c1-3-8-7-9(5-4-6-15-2)11-10(8)12(14)13-11/h3-5,8-11H,1,6-7H2,2H3,(H,13,14)/b5-4+/t8-,9+,10+,11-/m0/s1. The zero-order valence-electron chi connectivity index (χ0n) is 8.98. The Hall–Kier alpha value is -1.09. The molecule has 0 unspecified atom stereocenters. The largest absolute Gasteiger partial charge is 0.381 e. The van der Waals surface area contributed by atoms with Gasteiger partial charge in [0.25, 0.3) is 0 Å². The lowest BCUT2D eigenvalue weighted by Gasteiger charge is -2.35. The second kappa shape index (κ2) is 4.19. The highest BCUT2D eigenvalue weighted by atomic mass is 16.5. The van der Waals surface area contributed by atoms with Crippen LogP contribution < -0.4 is 5.32 Å². The van der Waals surface area contributed by atoms with E-state index in [4.69, 9.17) is 4.74 Å². The van der Waals surface area contributed by atoms with Crippen molar-refractivity contribution in [2.24, 2.45) is 17.8 Å². The molecule has 0 radical (unpaired) electrons. The molecule has 0 aromatic carbocycles. The minimum absolute atomic E-state index is 0.166. The van der Waals surface area contributed by atoms with Crippen LogP contribution in [0.4, 0.5) is 0 Å². The van der Waals surface area contributed by atoms with Gasteiger partial charge in [-0.3, -0.25) is 4.79 Å². The number of rotatable bonds is 4. The Morgan fingerprint density at radius 1 is 1.60 bits per heavy atom. The van der Waals surface area contributed by atoms with Crippen LogP contribution in [-0.2, 0) is 9.53 Å². The van der Waals surface area contributed by atoms with Crippen molar-refractivity contribution in [3.63, 3.8) is 0 Å². The van der Waals surface area contributed by atoms with Gasteiger partial charge < -0.3 is 10.1 Å². The van der Waals surface area contributed by atoms with Gasteiger partial charge in [-0.25, -0.2) is 0 Å². The molecule has 1 heterocycles.